The number of aliphatic hydroxyl groups is 1. The number of hydrogen-bond donors (Lipinski definition) is 4. The number of carbonyl (C=O) groups is 3. The number of ether oxygens (including phenoxy) is 1. The van der Waals surface area contributed by atoms with Gasteiger partial charge in [0.2, 0.25) is 0 Å². The van der Waals surface area contributed by atoms with Crippen molar-refractivity contribution in [2.24, 2.45) is 7.05 Å². The van der Waals surface area contributed by atoms with E-state index in [1.165, 1.54) is 24.9 Å². The second-order valence-corrected chi connectivity index (χ2v) is 8.23. The molecule has 0 radical (unpaired) electrons. The minimum Gasteiger partial charge on any atom is -0.479 e. The van der Waals surface area contributed by atoms with Crippen molar-refractivity contribution in [2.45, 2.75) is 18.4 Å². The van der Waals surface area contributed by atoms with Gasteiger partial charge in [-0.2, -0.15) is 5.10 Å². The monoisotopic (exact) mass is 464 g/mol. The third-order valence-electron chi connectivity index (χ3n) is 5.93. The Morgan fingerprint density at radius 3 is 2.24 bits per heavy atom. The van der Waals surface area contributed by atoms with Gasteiger partial charge in [0, 0.05) is 13.0 Å². The van der Waals surface area contributed by atoms with Gasteiger partial charge in [0.15, 0.2) is 5.54 Å². The number of nitrogens with zero attached hydrogens (tertiary/aromatic N) is 2. The fourth-order valence-corrected chi connectivity index (χ4v) is 3.96. The molecule has 0 saturated carbocycles. The molecule has 1 atom stereocenters. The lowest BCUT2D eigenvalue weighted by atomic mass is 9.98. The molecule has 10 nitrogen and oxygen atoms in total. The maximum atomic E-state index is 12.6. The highest BCUT2D eigenvalue weighted by Crippen LogP contribution is 2.44. The van der Waals surface area contributed by atoms with Crippen molar-refractivity contribution in [3.63, 3.8) is 0 Å². The summed E-state index contributed by atoms with van der Waals surface area (Å²) in [5.41, 5.74) is 2.36. The summed E-state index contributed by atoms with van der Waals surface area (Å²) >= 11 is 0. The van der Waals surface area contributed by atoms with E-state index in [9.17, 15) is 24.6 Å². The first-order valence-electron chi connectivity index (χ1n) is 10.6. The Kier molecular flexibility index (Phi) is 6.08. The van der Waals surface area contributed by atoms with E-state index in [1.807, 2.05) is 48.5 Å². The second kappa shape index (κ2) is 8.99. The number of aromatic nitrogens is 2. The Bertz CT molecular complexity index is 1220. The van der Waals surface area contributed by atoms with E-state index in [1.54, 1.807) is 0 Å². The van der Waals surface area contributed by atoms with E-state index < -0.39 is 30.1 Å². The quantitative estimate of drug-likeness (QED) is 0.420. The van der Waals surface area contributed by atoms with E-state index >= 15 is 0 Å². The molecule has 34 heavy (non-hydrogen) atoms. The lowest BCUT2D eigenvalue weighted by Gasteiger charge is -2.23. The van der Waals surface area contributed by atoms with Crippen molar-refractivity contribution < 1.29 is 29.3 Å². The third kappa shape index (κ3) is 4.11. The Morgan fingerprint density at radius 2 is 1.68 bits per heavy atom. The van der Waals surface area contributed by atoms with Crippen molar-refractivity contribution in [2.75, 3.05) is 18.5 Å². The molecule has 0 aliphatic heterocycles. The summed E-state index contributed by atoms with van der Waals surface area (Å²) in [5, 5.41) is 27.4. The minimum atomic E-state index is -1.89. The summed E-state index contributed by atoms with van der Waals surface area (Å²) < 4.78 is 6.76. The number of aryl methyl sites for hydroxylation is 1. The van der Waals surface area contributed by atoms with Crippen molar-refractivity contribution in [1.82, 2.24) is 15.1 Å². The summed E-state index contributed by atoms with van der Waals surface area (Å²) in [6.45, 7) is 0.437. The van der Waals surface area contributed by atoms with E-state index in [4.69, 9.17) is 4.74 Å². The number of carbonyl (C=O) groups excluding carboxylic acids is 2. The summed E-state index contributed by atoms with van der Waals surface area (Å²) in [6, 6.07) is 15.9. The molecule has 3 aromatic rings. The highest BCUT2D eigenvalue weighted by Gasteiger charge is 2.36. The van der Waals surface area contributed by atoms with Crippen molar-refractivity contribution in [3.8, 4) is 11.1 Å². The fraction of sp³-hybridized carbons (Fsp3) is 0.250. The fourth-order valence-electron chi connectivity index (χ4n) is 3.96. The molecule has 4 N–H and O–H groups in total. The van der Waals surface area contributed by atoms with Gasteiger partial charge in [-0.15, -0.1) is 0 Å². The third-order valence-corrected chi connectivity index (χ3v) is 5.93. The van der Waals surface area contributed by atoms with Crippen LogP contribution in [0.4, 0.5) is 10.6 Å². The Balaban J connectivity index is 1.47. The van der Waals surface area contributed by atoms with E-state index in [0.717, 1.165) is 22.3 Å². The zero-order chi connectivity index (χ0) is 24.5. The number of carboxylic acids is 1. The maximum absolute atomic E-state index is 12.6. The number of aliphatic hydroxyl groups excluding tert-OH is 1. The van der Waals surface area contributed by atoms with Crippen LogP contribution >= 0.6 is 0 Å². The molecule has 2 aromatic carbocycles. The standard InChI is InChI=1S/C24H24N4O6/c1-24(13-29,22(31)32)27-21(30)18-11-25-28(2)20(18)26-23(33)34-12-19-16-9-5-3-7-14(16)15-8-4-6-10-17(15)19/h3-11,19,29H,12-13H2,1-2H3,(H,26,33)(H,27,30)(H,31,32). The second-order valence-electron chi connectivity index (χ2n) is 8.23. The molecule has 1 heterocycles. The summed E-state index contributed by atoms with van der Waals surface area (Å²) in [6.07, 6.45) is 0.399. The number of nitrogens with one attached hydrogen (secondary N) is 2. The lowest BCUT2D eigenvalue weighted by Crippen LogP contribution is -2.55. The summed E-state index contributed by atoms with van der Waals surface area (Å²) in [4.78, 5) is 36.7. The Labute approximate surface area is 195 Å². The topological polar surface area (TPSA) is 143 Å². The van der Waals surface area contributed by atoms with Gasteiger partial charge in [-0.25, -0.2) is 9.59 Å². The summed E-state index contributed by atoms with van der Waals surface area (Å²) in [5.74, 6) is -2.33. The van der Waals surface area contributed by atoms with Crippen LogP contribution in [0.3, 0.4) is 0 Å². The predicted octanol–water partition coefficient (Wildman–Crippen LogP) is 2.35. The summed E-state index contributed by atoms with van der Waals surface area (Å²) in [7, 11) is 1.51. The van der Waals surface area contributed by atoms with Crippen LogP contribution in [0, 0.1) is 0 Å². The Hall–Kier alpha value is -4.18. The molecule has 0 bridgehead atoms. The van der Waals surface area contributed by atoms with E-state index in [0.29, 0.717) is 0 Å². The molecule has 0 fully saturated rings. The molecule has 1 aromatic heterocycles. The molecule has 1 aliphatic rings. The number of hydrogen-bond acceptors (Lipinski definition) is 6. The van der Waals surface area contributed by atoms with Gasteiger partial charge in [0.1, 0.15) is 18.0 Å². The molecule has 176 valence electrons. The molecular formula is C24H24N4O6. The predicted molar refractivity (Wildman–Crippen MR) is 122 cm³/mol. The first-order valence-corrected chi connectivity index (χ1v) is 10.6. The molecule has 1 unspecified atom stereocenters. The number of carboxylic acid groups (broad SMARTS) is 1. The van der Waals surface area contributed by atoms with Crippen molar-refractivity contribution in [3.05, 3.63) is 71.4 Å². The Morgan fingerprint density at radius 1 is 1.09 bits per heavy atom. The van der Waals surface area contributed by atoms with Crippen LogP contribution in [0.25, 0.3) is 11.1 Å². The number of benzene rings is 2. The van der Waals surface area contributed by atoms with Crippen LogP contribution in [0.2, 0.25) is 0 Å². The zero-order valence-electron chi connectivity index (χ0n) is 18.6. The SMILES string of the molecule is Cn1ncc(C(=O)NC(C)(CO)C(=O)O)c1NC(=O)OCC1c2ccccc2-c2ccccc21. The maximum Gasteiger partial charge on any atom is 0.412 e. The van der Waals surface area contributed by atoms with Gasteiger partial charge in [-0.3, -0.25) is 14.8 Å². The normalized spacial score (nSPS) is 14.0. The zero-order valence-corrected chi connectivity index (χ0v) is 18.6. The number of amides is 2. The number of aliphatic carboxylic acids is 1. The van der Waals surface area contributed by atoms with Crippen LogP contribution in [-0.2, 0) is 16.6 Å². The van der Waals surface area contributed by atoms with Crippen LogP contribution in [0.15, 0.2) is 54.7 Å². The van der Waals surface area contributed by atoms with Gasteiger partial charge >= 0.3 is 12.1 Å². The van der Waals surface area contributed by atoms with Crippen molar-refractivity contribution >= 4 is 23.8 Å². The highest BCUT2D eigenvalue weighted by molar-refractivity contribution is 6.03. The first kappa shape index (κ1) is 23.0. The van der Waals surface area contributed by atoms with Gasteiger partial charge in [0.25, 0.3) is 5.91 Å². The molecule has 0 spiro atoms. The van der Waals surface area contributed by atoms with E-state index in [2.05, 4.69) is 15.7 Å². The van der Waals surface area contributed by atoms with Crippen LogP contribution in [0.1, 0.15) is 34.3 Å². The van der Waals surface area contributed by atoms with Gasteiger partial charge < -0.3 is 20.3 Å². The molecule has 0 saturated heterocycles. The minimum absolute atomic E-state index is 0.0281. The number of fused-ring (bicyclic) bond motifs is 3. The molecule has 4 rings (SSSR count). The first-order chi connectivity index (χ1) is 16.2. The molecular weight excluding hydrogens is 440 g/mol. The van der Waals surface area contributed by atoms with Gasteiger partial charge in [-0.1, -0.05) is 48.5 Å². The van der Waals surface area contributed by atoms with Gasteiger partial charge in [0.05, 0.1) is 12.8 Å². The van der Waals surface area contributed by atoms with Gasteiger partial charge in [-0.05, 0) is 29.2 Å². The smallest absolute Gasteiger partial charge is 0.412 e. The molecule has 10 heteroatoms. The lowest BCUT2D eigenvalue weighted by molar-refractivity contribution is -0.145. The van der Waals surface area contributed by atoms with E-state index in [-0.39, 0.29) is 23.9 Å². The largest absolute Gasteiger partial charge is 0.479 e. The van der Waals surface area contributed by atoms with Crippen LogP contribution in [-0.4, -0.2) is 56.7 Å². The van der Waals surface area contributed by atoms with Crippen molar-refractivity contribution in [1.29, 1.82) is 0 Å². The number of rotatable bonds is 7. The highest BCUT2D eigenvalue weighted by atomic mass is 16.5. The van der Waals surface area contributed by atoms with Crippen LogP contribution < -0.4 is 10.6 Å². The average molecular weight is 464 g/mol. The molecule has 2 amide bonds. The number of anilines is 1. The molecule has 1 aliphatic carbocycles. The van der Waals surface area contributed by atoms with Crippen LogP contribution in [0.5, 0.6) is 0 Å². The average Bonchev–Trinajstić information content (AvgIpc) is 3.35.